The topological polar surface area (TPSA) is 143 Å². The molecule has 9 nitrogen and oxygen atoms in total. The van der Waals surface area contributed by atoms with E-state index in [1.165, 1.54) is 7.11 Å². The molecule has 3 rings (SSSR count). The predicted octanol–water partition coefficient (Wildman–Crippen LogP) is 2.20. The molecular formula is C26H34N4O5S. The molecule has 0 aromatic heterocycles. The maximum Gasteiger partial charge on any atom is 0.308 e. The normalized spacial score (nSPS) is 15.4. The van der Waals surface area contributed by atoms with Crippen molar-refractivity contribution in [2.75, 3.05) is 20.2 Å². The number of aryl methyl sites for hydroxylation is 3. The van der Waals surface area contributed by atoms with E-state index in [1.54, 1.807) is 55.1 Å². The van der Waals surface area contributed by atoms with Crippen LogP contribution in [-0.4, -0.2) is 57.3 Å². The van der Waals surface area contributed by atoms with Crippen molar-refractivity contribution in [3.8, 4) is 0 Å². The van der Waals surface area contributed by atoms with E-state index in [4.69, 9.17) is 15.9 Å². The molecule has 1 amide bonds. The number of esters is 1. The Morgan fingerprint density at radius 1 is 1.14 bits per heavy atom. The van der Waals surface area contributed by atoms with E-state index < -0.39 is 16.1 Å². The van der Waals surface area contributed by atoms with Crippen molar-refractivity contribution in [3.63, 3.8) is 0 Å². The Kier molecular flexibility index (Phi) is 8.52. The number of likely N-dealkylation sites (tertiary alicyclic amines) is 1. The molecule has 36 heavy (non-hydrogen) atoms. The fourth-order valence-electron chi connectivity index (χ4n) is 4.84. The highest BCUT2D eigenvalue weighted by Crippen LogP contribution is 2.24. The highest BCUT2D eigenvalue weighted by Gasteiger charge is 2.34. The smallest absolute Gasteiger partial charge is 0.308 e. The summed E-state index contributed by atoms with van der Waals surface area (Å²) < 4.78 is 34.5. The summed E-state index contributed by atoms with van der Waals surface area (Å²) in [5.41, 5.74) is 8.94. The zero-order valence-electron chi connectivity index (χ0n) is 21.1. The van der Waals surface area contributed by atoms with E-state index in [2.05, 4.69) is 4.72 Å². The SMILES string of the molecule is COC(=O)C1CCN(C(=O)[C@H](Cc2cccc(C(=N)N)c2)NS(=O)(=O)c2c(C)cc(C)cc2C)CC1. The lowest BCUT2D eigenvalue weighted by molar-refractivity contribution is -0.149. The maximum atomic E-state index is 13.6. The molecule has 0 aliphatic carbocycles. The van der Waals surface area contributed by atoms with Crippen LogP contribution in [0.3, 0.4) is 0 Å². The van der Waals surface area contributed by atoms with Gasteiger partial charge in [0.05, 0.1) is 17.9 Å². The van der Waals surface area contributed by atoms with Crippen molar-refractivity contribution >= 4 is 27.7 Å². The van der Waals surface area contributed by atoms with Crippen LogP contribution < -0.4 is 10.5 Å². The van der Waals surface area contributed by atoms with Crippen LogP contribution in [0.4, 0.5) is 0 Å². The van der Waals surface area contributed by atoms with E-state index in [0.29, 0.717) is 48.2 Å². The minimum atomic E-state index is -4.03. The van der Waals surface area contributed by atoms with Gasteiger partial charge in [-0.3, -0.25) is 15.0 Å². The quantitative estimate of drug-likeness (QED) is 0.280. The second-order valence-corrected chi connectivity index (χ2v) is 11.0. The van der Waals surface area contributed by atoms with Gasteiger partial charge < -0.3 is 15.4 Å². The van der Waals surface area contributed by atoms with Gasteiger partial charge in [0.25, 0.3) is 0 Å². The second kappa shape index (κ2) is 11.2. The molecule has 194 valence electrons. The second-order valence-electron chi connectivity index (χ2n) is 9.34. The summed E-state index contributed by atoms with van der Waals surface area (Å²) in [6.07, 6.45) is 0.988. The number of hydrogen-bond acceptors (Lipinski definition) is 6. The molecule has 0 spiro atoms. The van der Waals surface area contributed by atoms with Crippen LogP contribution in [0.2, 0.25) is 0 Å². The maximum absolute atomic E-state index is 13.6. The van der Waals surface area contributed by atoms with Crippen molar-refractivity contribution < 1.29 is 22.7 Å². The van der Waals surface area contributed by atoms with Crippen LogP contribution in [0, 0.1) is 32.1 Å². The number of hydrogen-bond donors (Lipinski definition) is 3. The molecule has 1 fully saturated rings. The number of nitrogens with zero attached hydrogens (tertiary/aromatic N) is 1. The number of nitrogens with two attached hydrogens (primary N) is 1. The first-order valence-corrected chi connectivity index (χ1v) is 13.3. The molecule has 2 aromatic rings. The molecule has 2 aromatic carbocycles. The summed E-state index contributed by atoms with van der Waals surface area (Å²) in [4.78, 5) is 27.3. The molecule has 0 unspecified atom stereocenters. The number of nitrogen functional groups attached to an aromatic ring is 1. The van der Waals surface area contributed by atoms with E-state index in [1.807, 2.05) is 6.92 Å². The fourth-order valence-corrected chi connectivity index (χ4v) is 6.48. The molecule has 1 atom stereocenters. The van der Waals surface area contributed by atoms with Crippen molar-refractivity contribution in [1.29, 1.82) is 5.41 Å². The molecule has 1 aliphatic rings. The van der Waals surface area contributed by atoms with E-state index in [-0.39, 0.29) is 34.9 Å². The van der Waals surface area contributed by atoms with E-state index in [9.17, 15) is 18.0 Å². The zero-order chi connectivity index (χ0) is 26.6. The van der Waals surface area contributed by atoms with Crippen molar-refractivity contribution in [2.45, 2.75) is 51.0 Å². The molecule has 1 heterocycles. The Hall–Kier alpha value is -3.24. The van der Waals surface area contributed by atoms with Gasteiger partial charge >= 0.3 is 5.97 Å². The van der Waals surface area contributed by atoms with Gasteiger partial charge in [-0.05, 0) is 62.8 Å². The summed E-state index contributed by atoms with van der Waals surface area (Å²) in [5, 5.41) is 7.70. The monoisotopic (exact) mass is 514 g/mol. The number of benzene rings is 2. The van der Waals surface area contributed by atoms with Gasteiger partial charge in [0.1, 0.15) is 11.9 Å². The summed E-state index contributed by atoms with van der Waals surface area (Å²) >= 11 is 0. The number of piperidine rings is 1. The highest BCUT2D eigenvalue weighted by molar-refractivity contribution is 7.89. The Morgan fingerprint density at radius 2 is 1.75 bits per heavy atom. The van der Waals surface area contributed by atoms with Gasteiger partial charge in [-0.25, -0.2) is 8.42 Å². The first-order chi connectivity index (χ1) is 16.9. The number of methoxy groups -OCH3 is 1. The molecule has 1 aliphatic heterocycles. The van der Waals surface area contributed by atoms with Gasteiger partial charge in [0.15, 0.2) is 0 Å². The van der Waals surface area contributed by atoms with E-state index >= 15 is 0 Å². The van der Waals surface area contributed by atoms with Crippen LogP contribution in [-0.2, 0) is 30.8 Å². The predicted molar refractivity (Wildman–Crippen MR) is 137 cm³/mol. The highest BCUT2D eigenvalue weighted by atomic mass is 32.2. The largest absolute Gasteiger partial charge is 0.469 e. The zero-order valence-corrected chi connectivity index (χ0v) is 21.9. The van der Waals surface area contributed by atoms with Gasteiger partial charge in [-0.2, -0.15) is 4.72 Å². The van der Waals surface area contributed by atoms with Gasteiger partial charge in [0, 0.05) is 18.7 Å². The fraction of sp³-hybridized carbons (Fsp3) is 0.423. The summed E-state index contributed by atoms with van der Waals surface area (Å²) in [6, 6.07) is 9.38. The van der Waals surface area contributed by atoms with Crippen molar-refractivity contribution in [3.05, 3.63) is 64.2 Å². The number of rotatable bonds is 8. The van der Waals surface area contributed by atoms with Gasteiger partial charge in [-0.1, -0.05) is 35.9 Å². The Labute approximate surface area is 212 Å². The summed E-state index contributed by atoms with van der Waals surface area (Å²) in [6.45, 7) is 6.02. The minimum Gasteiger partial charge on any atom is -0.469 e. The number of ether oxygens (including phenoxy) is 1. The molecular weight excluding hydrogens is 480 g/mol. The summed E-state index contributed by atoms with van der Waals surface area (Å²) in [5.74, 6) is -1.06. The number of carbonyl (C=O) groups is 2. The number of amidine groups is 1. The average Bonchev–Trinajstić information content (AvgIpc) is 2.82. The average molecular weight is 515 g/mol. The van der Waals surface area contributed by atoms with E-state index in [0.717, 1.165) is 5.56 Å². The van der Waals surface area contributed by atoms with Crippen molar-refractivity contribution in [2.24, 2.45) is 11.7 Å². The lowest BCUT2D eigenvalue weighted by Crippen LogP contribution is -2.52. The number of amides is 1. The molecule has 1 saturated heterocycles. The third-order valence-corrected chi connectivity index (χ3v) is 8.26. The lowest BCUT2D eigenvalue weighted by Gasteiger charge is -2.33. The standard InChI is InChI=1S/C26H34N4O5S/c1-16-12-17(2)23(18(3)13-16)36(33,34)29-22(15-19-6-5-7-21(14-19)24(27)28)25(31)30-10-8-20(9-11-30)26(32)35-4/h5-7,12-14,20,22,29H,8-11,15H2,1-4H3,(H3,27,28)/t22-/m0/s1. The lowest BCUT2D eigenvalue weighted by atomic mass is 9.96. The number of sulfonamides is 1. The molecule has 0 radical (unpaired) electrons. The first kappa shape index (κ1) is 27.3. The number of carbonyl (C=O) groups excluding carboxylic acids is 2. The van der Waals surface area contributed by atoms with Crippen LogP contribution in [0.5, 0.6) is 0 Å². The third kappa shape index (κ3) is 6.30. The Morgan fingerprint density at radius 3 is 2.31 bits per heavy atom. The first-order valence-electron chi connectivity index (χ1n) is 11.8. The molecule has 4 N–H and O–H groups in total. The van der Waals surface area contributed by atoms with Crippen LogP contribution in [0.15, 0.2) is 41.3 Å². The molecule has 0 bridgehead atoms. The van der Waals surface area contributed by atoms with Crippen LogP contribution in [0.1, 0.15) is 40.7 Å². The van der Waals surface area contributed by atoms with Crippen LogP contribution >= 0.6 is 0 Å². The Balaban J connectivity index is 1.92. The molecule has 0 saturated carbocycles. The van der Waals surface area contributed by atoms with Crippen molar-refractivity contribution in [1.82, 2.24) is 9.62 Å². The van der Waals surface area contributed by atoms with Gasteiger partial charge in [-0.15, -0.1) is 0 Å². The minimum absolute atomic E-state index is 0.0834. The Bertz CT molecular complexity index is 1240. The van der Waals surface area contributed by atoms with Crippen LogP contribution in [0.25, 0.3) is 0 Å². The molecule has 10 heteroatoms. The third-order valence-electron chi connectivity index (χ3n) is 6.49. The van der Waals surface area contributed by atoms with Gasteiger partial charge in [0.2, 0.25) is 15.9 Å². The number of nitrogens with one attached hydrogen (secondary N) is 2. The summed E-state index contributed by atoms with van der Waals surface area (Å²) in [7, 11) is -2.69.